The van der Waals surface area contributed by atoms with Crippen LogP contribution in [-0.2, 0) is 11.2 Å². The minimum absolute atomic E-state index is 0.193. The van der Waals surface area contributed by atoms with E-state index in [0.717, 1.165) is 36.5 Å². The molecule has 0 spiro atoms. The van der Waals surface area contributed by atoms with Gasteiger partial charge in [0.2, 0.25) is 0 Å². The normalized spacial score (nSPS) is 18.5. The Morgan fingerprint density at radius 2 is 1.97 bits per heavy atom. The van der Waals surface area contributed by atoms with Gasteiger partial charge in [-0.15, -0.1) is 5.10 Å². The molecule has 31 heavy (non-hydrogen) atoms. The lowest BCUT2D eigenvalue weighted by Crippen LogP contribution is -2.38. The number of likely N-dealkylation sites (tertiary alicyclic amines) is 1. The third-order valence-electron chi connectivity index (χ3n) is 5.55. The van der Waals surface area contributed by atoms with Crippen molar-refractivity contribution < 1.29 is 9.53 Å². The summed E-state index contributed by atoms with van der Waals surface area (Å²) in [6.45, 7) is 13.9. The van der Waals surface area contributed by atoms with E-state index in [1.54, 1.807) is 6.20 Å². The van der Waals surface area contributed by atoms with Crippen molar-refractivity contribution in [3.8, 4) is 0 Å². The number of aryl methyl sites for hydroxylation is 2. The van der Waals surface area contributed by atoms with Crippen molar-refractivity contribution in [1.82, 2.24) is 20.1 Å². The molecule has 1 unspecified atom stereocenters. The summed E-state index contributed by atoms with van der Waals surface area (Å²) in [6, 6.07) is 6.49. The van der Waals surface area contributed by atoms with Crippen LogP contribution < -0.4 is 5.32 Å². The zero-order valence-electron chi connectivity index (χ0n) is 19.6. The molecule has 1 amide bonds. The minimum Gasteiger partial charge on any atom is -0.444 e. The van der Waals surface area contributed by atoms with Gasteiger partial charge in [-0.1, -0.05) is 0 Å². The van der Waals surface area contributed by atoms with E-state index in [4.69, 9.17) is 4.74 Å². The van der Waals surface area contributed by atoms with Crippen molar-refractivity contribution in [2.24, 2.45) is 5.92 Å². The Morgan fingerprint density at radius 3 is 2.65 bits per heavy atom. The maximum atomic E-state index is 12.1. The van der Waals surface area contributed by atoms with E-state index in [2.05, 4.69) is 58.3 Å². The highest BCUT2D eigenvalue weighted by Crippen LogP contribution is 2.29. The predicted octanol–water partition coefficient (Wildman–Crippen LogP) is 4.85. The van der Waals surface area contributed by atoms with Crippen LogP contribution >= 0.6 is 0 Å². The summed E-state index contributed by atoms with van der Waals surface area (Å²) >= 11 is 0. The molecule has 168 valence electrons. The number of anilines is 1. The fraction of sp³-hybridized carbons (Fsp3) is 0.583. The number of nitrogens with zero attached hydrogens (tertiary/aromatic N) is 4. The van der Waals surface area contributed by atoms with Crippen LogP contribution in [0.5, 0.6) is 0 Å². The Morgan fingerprint density at radius 1 is 1.26 bits per heavy atom. The molecule has 0 bridgehead atoms. The van der Waals surface area contributed by atoms with E-state index < -0.39 is 11.7 Å². The largest absolute Gasteiger partial charge is 0.444 e. The van der Waals surface area contributed by atoms with Crippen LogP contribution in [-0.4, -0.2) is 44.9 Å². The van der Waals surface area contributed by atoms with E-state index in [0.29, 0.717) is 11.7 Å². The van der Waals surface area contributed by atoms with Crippen molar-refractivity contribution in [2.45, 2.75) is 72.4 Å². The molecule has 2 atom stereocenters. The molecule has 1 aliphatic rings. The molecular formula is C24H35N5O2. The number of ether oxygens (including phenoxy) is 1. The average Bonchev–Trinajstić information content (AvgIpc) is 2.65. The van der Waals surface area contributed by atoms with Gasteiger partial charge in [0.25, 0.3) is 0 Å². The highest BCUT2D eigenvalue weighted by molar-refractivity contribution is 5.83. The Hall–Kier alpha value is -2.54. The van der Waals surface area contributed by atoms with Gasteiger partial charge >= 0.3 is 6.09 Å². The van der Waals surface area contributed by atoms with E-state index >= 15 is 0 Å². The number of carbonyl (C=O) groups is 1. The van der Waals surface area contributed by atoms with Crippen LogP contribution in [0.15, 0.2) is 24.4 Å². The van der Waals surface area contributed by atoms with Gasteiger partial charge in [-0.2, -0.15) is 5.10 Å². The number of rotatable bonds is 5. The Balaban J connectivity index is 1.64. The molecule has 0 saturated carbocycles. The quantitative estimate of drug-likeness (QED) is 0.737. The monoisotopic (exact) mass is 425 g/mol. The summed E-state index contributed by atoms with van der Waals surface area (Å²) in [5, 5.41) is 10.8. The summed E-state index contributed by atoms with van der Waals surface area (Å²) in [4.78, 5) is 19.1. The number of amides is 1. The second-order valence-electron chi connectivity index (χ2n) is 9.64. The van der Waals surface area contributed by atoms with Crippen molar-refractivity contribution in [2.75, 3.05) is 18.4 Å². The van der Waals surface area contributed by atoms with Gasteiger partial charge in [-0.25, -0.2) is 4.79 Å². The van der Waals surface area contributed by atoms with Crippen molar-refractivity contribution in [3.05, 3.63) is 46.9 Å². The third-order valence-corrected chi connectivity index (χ3v) is 5.55. The Bertz CT molecular complexity index is 889. The zero-order chi connectivity index (χ0) is 22.6. The Labute approximate surface area is 185 Å². The van der Waals surface area contributed by atoms with Crippen molar-refractivity contribution >= 4 is 11.9 Å². The third kappa shape index (κ3) is 6.99. The minimum atomic E-state index is -0.558. The van der Waals surface area contributed by atoms with Crippen molar-refractivity contribution in [3.63, 3.8) is 0 Å². The molecule has 7 nitrogen and oxygen atoms in total. The van der Waals surface area contributed by atoms with Gasteiger partial charge in [-0.3, -0.25) is 15.2 Å². The molecule has 1 fully saturated rings. The molecule has 0 aliphatic carbocycles. The number of aromatic nitrogens is 3. The predicted molar refractivity (Wildman–Crippen MR) is 122 cm³/mol. The van der Waals surface area contributed by atoms with Crippen LogP contribution in [0.25, 0.3) is 0 Å². The van der Waals surface area contributed by atoms with Gasteiger partial charge in [0.05, 0.1) is 6.20 Å². The van der Waals surface area contributed by atoms with E-state index in [9.17, 15) is 4.79 Å². The first-order valence-corrected chi connectivity index (χ1v) is 11.1. The average molecular weight is 426 g/mol. The standard InChI is InChI=1S/C24H35N5O2/c1-16-10-20(11-17(2)26-16)12-19-8-7-9-29(15-19)18(3)21-13-22(28-25-14-21)27-23(30)31-24(4,5)6/h10-11,13-14,18-19H,7-9,12,15H2,1-6H3,(H,27,28,30)/t18?,19-/m1/s1. The van der Waals surface area contributed by atoms with E-state index in [-0.39, 0.29) is 6.04 Å². The number of nitrogens with one attached hydrogen (secondary N) is 1. The maximum absolute atomic E-state index is 12.1. The first-order chi connectivity index (χ1) is 14.6. The molecule has 3 rings (SSSR count). The lowest BCUT2D eigenvalue weighted by atomic mass is 9.90. The molecule has 3 heterocycles. The van der Waals surface area contributed by atoms with Gasteiger partial charge in [0, 0.05) is 24.0 Å². The summed E-state index contributed by atoms with van der Waals surface area (Å²) < 4.78 is 5.31. The molecule has 2 aromatic rings. The van der Waals surface area contributed by atoms with Crippen LogP contribution in [0.2, 0.25) is 0 Å². The fourth-order valence-corrected chi connectivity index (χ4v) is 4.28. The number of carbonyl (C=O) groups excluding carboxylic acids is 1. The first-order valence-electron chi connectivity index (χ1n) is 11.1. The SMILES string of the molecule is Cc1cc(C[C@H]2CCCN(C(C)c3cnnc(NC(=O)OC(C)(C)C)c3)C2)cc(C)n1. The molecule has 1 aliphatic heterocycles. The van der Waals surface area contributed by atoms with E-state index in [1.165, 1.54) is 18.4 Å². The number of hydrogen-bond acceptors (Lipinski definition) is 6. The molecule has 0 radical (unpaired) electrons. The van der Waals surface area contributed by atoms with Crippen molar-refractivity contribution in [1.29, 1.82) is 0 Å². The lowest BCUT2D eigenvalue weighted by Gasteiger charge is -2.37. The van der Waals surface area contributed by atoms with Crippen LogP contribution in [0, 0.1) is 19.8 Å². The summed E-state index contributed by atoms with van der Waals surface area (Å²) in [5.74, 6) is 1.03. The van der Waals surface area contributed by atoms with Gasteiger partial charge < -0.3 is 4.74 Å². The lowest BCUT2D eigenvalue weighted by molar-refractivity contribution is 0.0635. The fourth-order valence-electron chi connectivity index (χ4n) is 4.28. The van der Waals surface area contributed by atoms with Crippen LogP contribution in [0.4, 0.5) is 10.6 Å². The van der Waals surface area contributed by atoms with Crippen LogP contribution in [0.3, 0.4) is 0 Å². The van der Waals surface area contributed by atoms with E-state index in [1.807, 2.05) is 26.8 Å². The summed E-state index contributed by atoms with van der Waals surface area (Å²) in [7, 11) is 0. The summed E-state index contributed by atoms with van der Waals surface area (Å²) in [6.07, 6.45) is 4.76. The molecule has 1 saturated heterocycles. The topological polar surface area (TPSA) is 80.2 Å². The number of piperidine rings is 1. The van der Waals surface area contributed by atoms with Gasteiger partial charge in [0.1, 0.15) is 5.60 Å². The second-order valence-corrected chi connectivity index (χ2v) is 9.64. The second kappa shape index (κ2) is 9.73. The number of hydrogen-bond donors (Lipinski definition) is 1. The van der Waals surface area contributed by atoms with Gasteiger partial charge in [-0.05, 0) is 103 Å². The smallest absolute Gasteiger partial charge is 0.413 e. The molecule has 0 aromatic carbocycles. The number of pyridine rings is 1. The van der Waals surface area contributed by atoms with Gasteiger partial charge in [0.15, 0.2) is 5.82 Å². The molecule has 7 heteroatoms. The first kappa shape index (κ1) is 23.1. The molecule has 1 N–H and O–H groups in total. The highest BCUT2D eigenvalue weighted by Gasteiger charge is 2.25. The maximum Gasteiger partial charge on any atom is 0.413 e. The highest BCUT2D eigenvalue weighted by atomic mass is 16.6. The zero-order valence-corrected chi connectivity index (χ0v) is 19.6. The molecular weight excluding hydrogens is 390 g/mol. The van der Waals surface area contributed by atoms with Crippen LogP contribution in [0.1, 0.15) is 69.1 Å². The summed E-state index contributed by atoms with van der Waals surface area (Å²) in [5.41, 5.74) is 4.03. The Kier molecular flexibility index (Phi) is 7.26. The molecule has 2 aromatic heterocycles.